The predicted octanol–water partition coefficient (Wildman–Crippen LogP) is 3.50. The third kappa shape index (κ3) is 1.74. The molecule has 0 aliphatic rings. The lowest BCUT2D eigenvalue weighted by molar-refractivity contribution is -0.575. The number of para-hydroxylation sites is 1. The van der Waals surface area contributed by atoms with Gasteiger partial charge < -0.3 is 9.62 Å². The van der Waals surface area contributed by atoms with Crippen LogP contribution in [0.3, 0.4) is 0 Å². The maximum Gasteiger partial charge on any atom is 0.227 e. The molecule has 0 aliphatic heterocycles. The Bertz CT molecular complexity index is 1090. The molecule has 0 atom stereocenters. The molecule has 0 unspecified atom stereocenters. The summed E-state index contributed by atoms with van der Waals surface area (Å²) < 4.78 is 7.40. The van der Waals surface area contributed by atoms with E-state index in [0.29, 0.717) is 32.2 Å². The van der Waals surface area contributed by atoms with Crippen LogP contribution in [0.5, 0.6) is 0 Å². The van der Waals surface area contributed by atoms with Gasteiger partial charge in [-0.3, -0.25) is 4.79 Å². The molecule has 2 aromatic carbocycles. The minimum Gasteiger partial charge on any atom is -0.618 e. The van der Waals surface area contributed by atoms with Crippen LogP contribution < -0.4 is 10.2 Å². The van der Waals surface area contributed by atoms with E-state index in [4.69, 9.17) is 4.42 Å². The van der Waals surface area contributed by atoms with E-state index in [1.54, 1.807) is 36.4 Å². The van der Waals surface area contributed by atoms with Gasteiger partial charge in [-0.15, -0.1) is 0 Å². The van der Waals surface area contributed by atoms with E-state index in [1.807, 2.05) is 6.07 Å². The number of nitrogens with zero attached hydrogens (tertiary/aromatic N) is 1. The van der Waals surface area contributed by atoms with Crippen LogP contribution in [0.1, 0.15) is 0 Å². The Morgan fingerprint density at radius 2 is 1.86 bits per heavy atom. The van der Waals surface area contributed by atoms with Crippen LogP contribution >= 0.6 is 15.9 Å². The highest BCUT2D eigenvalue weighted by Gasteiger charge is 2.16. The zero-order chi connectivity index (χ0) is 14.6. The van der Waals surface area contributed by atoms with Crippen molar-refractivity contribution in [2.75, 3.05) is 0 Å². The summed E-state index contributed by atoms with van der Waals surface area (Å²) >= 11 is 3.38. The fraction of sp³-hybridized carbons (Fsp3) is 0. The standard InChI is InChI=1S/C16H8BrNO3/c17-9-5-6-13-11(7-9)16-12(8-18(13)20)15(19)10-3-1-2-4-14(10)21-16/h1-8H. The topological polar surface area (TPSA) is 57.2 Å². The maximum atomic E-state index is 12.5. The molecule has 0 aliphatic carbocycles. The molecule has 4 nitrogen and oxygen atoms in total. The number of fused-ring (bicyclic) bond motifs is 4. The second kappa shape index (κ2) is 4.30. The van der Waals surface area contributed by atoms with Crippen LogP contribution in [-0.2, 0) is 0 Å². The number of pyridine rings is 1. The van der Waals surface area contributed by atoms with Gasteiger partial charge in [0, 0.05) is 10.5 Å². The zero-order valence-corrected chi connectivity index (χ0v) is 12.3. The molecule has 2 heterocycles. The fourth-order valence-corrected chi connectivity index (χ4v) is 2.90. The second-order valence-corrected chi connectivity index (χ2v) is 5.70. The number of halogens is 1. The molecule has 0 fully saturated rings. The van der Waals surface area contributed by atoms with E-state index in [2.05, 4.69) is 15.9 Å². The van der Waals surface area contributed by atoms with Gasteiger partial charge in [0.15, 0.2) is 11.8 Å². The molecule has 21 heavy (non-hydrogen) atoms. The summed E-state index contributed by atoms with van der Waals surface area (Å²) in [6.45, 7) is 0. The molecule has 0 bridgehead atoms. The average Bonchev–Trinajstić information content (AvgIpc) is 2.49. The first-order valence-electron chi connectivity index (χ1n) is 6.32. The van der Waals surface area contributed by atoms with Crippen LogP contribution in [0, 0.1) is 5.21 Å². The van der Waals surface area contributed by atoms with Crippen LogP contribution in [0.2, 0.25) is 0 Å². The monoisotopic (exact) mass is 341 g/mol. The predicted molar refractivity (Wildman–Crippen MR) is 84.2 cm³/mol. The van der Waals surface area contributed by atoms with Gasteiger partial charge in [-0.05, 0) is 24.3 Å². The lowest BCUT2D eigenvalue weighted by Gasteiger charge is -2.06. The van der Waals surface area contributed by atoms with Gasteiger partial charge in [0.1, 0.15) is 11.0 Å². The second-order valence-electron chi connectivity index (χ2n) is 4.79. The summed E-state index contributed by atoms with van der Waals surface area (Å²) in [4.78, 5) is 12.5. The Labute approximate surface area is 126 Å². The molecule has 2 aromatic heterocycles. The third-order valence-electron chi connectivity index (χ3n) is 3.52. The van der Waals surface area contributed by atoms with E-state index in [-0.39, 0.29) is 10.8 Å². The van der Waals surface area contributed by atoms with E-state index in [0.717, 1.165) is 4.47 Å². The van der Waals surface area contributed by atoms with Crippen molar-refractivity contribution in [2.24, 2.45) is 0 Å². The van der Waals surface area contributed by atoms with E-state index >= 15 is 0 Å². The largest absolute Gasteiger partial charge is 0.618 e. The Morgan fingerprint density at radius 1 is 1.05 bits per heavy atom. The van der Waals surface area contributed by atoms with E-state index in [1.165, 1.54) is 6.20 Å². The minimum atomic E-state index is -0.196. The molecular weight excluding hydrogens is 334 g/mol. The number of hydrogen-bond acceptors (Lipinski definition) is 3. The van der Waals surface area contributed by atoms with Crippen LogP contribution in [0.4, 0.5) is 0 Å². The minimum absolute atomic E-state index is 0.196. The lowest BCUT2D eigenvalue weighted by Crippen LogP contribution is -2.27. The summed E-state index contributed by atoms with van der Waals surface area (Å²) in [6, 6.07) is 12.3. The van der Waals surface area contributed by atoms with Gasteiger partial charge in [-0.1, -0.05) is 28.1 Å². The number of benzene rings is 2. The molecule has 4 rings (SSSR count). The van der Waals surface area contributed by atoms with Crippen molar-refractivity contribution in [3.8, 4) is 0 Å². The van der Waals surface area contributed by atoms with Crippen molar-refractivity contribution in [2.45, 2.75) is 0 Å². The Morgan fingerprint density at radius 3 is 2.71 bits per heavy atom. The molecular formula is C16H8BrNO3. The first kappa shape index (κ1) is 12.3. The number of aromatic nitrogens is 1. The maximum absolute atomic E-state index is 12.5. The van der Waals surface area contributed by atoms with Gasteiger partial charge in [0.25, 0.3) is 0 Å². The molecule has 0 amide bonds. The molecule has 0 saturated carbocycles. The van der Waals surface area contributed by atoms with Crippen LogP contribution in [0.25, 0.3) is 32.8 Å². The highest BCUT2D eigenvalue weighted by molar-refractivity contribution is 9.10. The van der Waals surface area contributed by atoms with Crippen molar-refractivity contribution in [3.05, 3.63) is 68.6 Å². The summed E-state index contributed by atoms with van der Waals surface area (Å²) in [5.41, 5.74) is 1.21. The first-order chi connectivity index (χ1) is 10.1. The highest BCUT2D eigenvalue weighted by Crippen LogP contribution is 2.26. The summed E-state index contributed by atoms with van der Waals surface area (Å²) in [5, 5.41) is 13.5. The molecule has 0 N–H and O–H groups in total. The molecule has 0 spiro atoms. The molecule has 4 aromatic rings. The molecule has 0 radical (unpaired) electrons. The highest BCUT2D eigenvalue weighted by atomic mass is 79.9. The Hall–Kier alpha value is -2.40. The smallest absolute Gasteiger partial charge is 0.227 e. The molecule has 5 heteroatoms. The van der Waals surface area contributed by atoms with Crippen molar-refractivity contribution >= 4 is 48.8 Å². The summed E-state index contributed by atoms with van der Waals surface area (Å²) in [6.07, 6.45) is 1.28. The van der Waals surface area contributed by atoms with Crippen LogP contribution in [-0.4, -0.2) is 0 Å². The number of rotatable bonds is 0. The Balaban J connectivity index is 2.36. The summed E-state index contributed by atoms with van der Waals surface area (Å²) in [7, 11) is 0. The number of hydrogen-bond donors (Lipinski definition) is 0. The van der Waals surface area contributed by atoms with Crippen LogP contribution in [0.15, 0.2) is 62.3 Å². The fourth-order valence-electron chi connectivity index (χ4n) is 2.54. The molecule has 102 valence electrons. The first-order valence-corrected chi connectivity index (χ1v) is 7.11. The Kier molecular flexibility index (Phi) is 2.53. The normalized spacial score (nSPS) is 11.5. The van der Waals surface area contributed by atoms with Gasteiger partial charge in [-0.2, -0.15) is 4.73 Å². The molecule has 0 saturated heterocycles. The van der Waals surface area contributed by atoms with Crippen molar-refractivity contribution in [3.63, 3.8) is 0 Å². The van der Waals surface area contributed by atoms with Gasteiger partial charge >= 0.3 is 0 Å². The SMILES string of the molecule is O=c1c2ccccc2oc2c1c[n+]([O-])c1ccc(Br)cc21. The lowest BCUT2D eigenvalue weighted by atomic mass is 10.1. The van der Waals surface area contributed by atoms with Crippen molar-refractivity contribution in [1.29, 1.82) is 0 Å². The average molecular weight is 342 g/mol. The van der Waals surface area contributed by atoms with Crippen molar-refractivity contribution < 1.29 is 9.15 Å². The van der Waals surface area contributed by atoms with Gasteiger partial charge in [0.05, 0.1) is 10.8 Å². The zero-order valence-electron chi connectivity index (χ0n) is 10.7. The van der Waals surface area contributed by atoms with E-state index < -0.39 is 0 Å². The van der Waals surface area contributed by atoms with Gasteiger partial charge in [-0.25, -0.2) is 0 Å². The third-order valence-corrected chi connectivity index (χ3v) is 4.01. The van der Waals surface area contributed by atoms with Gasteiger partial charge in [0.2, 0.25) is 10.9 Å². The quantitative estimate of drug-likeness (QED) is 0.213. The van der Waals surface area contributed by atoms with E-state index in [9.17, 15) is 10.0 Å². The van der Waals surface area contributed by atoms with Crippen molar-refractivity contribution in [1.82, 2.24) is 0 Å². The summed E-state index contributed by atoms with van der Waals surface area (Å²) in [5.74, 6) is 0.